The van der Waals surface area contributed by atoms with Crippen LogP contribution in [-0.4, -0.2) is 22.4 Å². The normalized spacial score (nSPS) is 53.8. The van der Waals surface area contributed by atoms with E-state index in [4.69, 9.17) is 0 Å². The number of hydrogen-bond acceptors (Lipinski definition) is 2. The zero-order chi connectivity index (χ0) is 16.4. The fraction of sp³-hybridized carbons (Fsp3) is 0.905. The van der Waals surface area contributed by atoms with Gasteiger partial charge in [0.25, 0.3) is 0 Å². The lowest BCUT2D eigenvalue weighted by Crippen LogP contribution is -2.51. The second kappa shape index (κ2) is 5.33. The Hall–Kier alpha value is -0.340. The maximum Gasteiger partial charge on any atom is 0.0724 e. The van der Waals surface area contributed by atoms with E-state index in [2.05, 4.69) is 19.9 Å². The highest BCUT2D eigenvalue weighted by Gasteiger charge is 2.59. The summed E-state index contributed by atoms with van der Waals surface area (Å²) in [5.74, 6) is 2.97. The van der Waals surface area contributed by atoms with Crippen LogP contribution in [0.5, 0.6) is 0 Å². The molecule has 0 radical (unpaired) electrons. The van der Waals surface area contributed by atoms with Gasteiger partial charge in [-0.05, 0) is 92.8 Å². The monoisotopic (exact) mass is 318 g/mol. The van der Waals surface area contributed by atoms with Gasteiger partial charge in [0.1, 0.15) is 0 Å². The van der Waals surface area contributed by atoms with Crippen molar-refractivity contribution in [1.82, 2.24) is 0 Å². The van der Waals surface area contributed by atoms with E-state index in [1.165, 1.54) is 44.9 Å². The lowest BCUT2D eigenvalue weighted by molar-refractivity contribution is -0.0725. The Bertz CT molecular complexity index is 510. The molecule has 2 nitrogen and oxygen atoms in total. The molecule has 3 fully saturated rings. The SMILES string of the molecule is CC(O)[C@H]1CCC2C3CCC4=CC(O)CC[C@]4(C)C3CC[C@@]21C. The van der Waals surface area contributed by atoms with Crippen molar-refractivity contribution in [2.24, 2.45) is 34.5 Å². The van der Waals surface area contributed by atoms with Crippen molar-refractivity contribution in [2.45, 2.75) is 84.3 Å². The lowest BCUT2D eigenvalue weighted by atomic mass is 9.46. The molecular formula is C21H34O2. The largest absolute Gasteiger partial charge is 0.393 e. The quantitative estimate of drug-likeness (QED) is 0.707. The van der Waals surface area contributed by atoms with Gasteiger partial charge in [-0.3, -0.25) is 0 Å². The molecule has 0 saturated heterocycles. The summed E-state index contributed by atoms with van der Waals surface area (Å²) in [6, 6.07) is 0. The van der Waals surface area contributed by atoms with Crippen LogP contribution < -0.4 is 0 Å². The molecule has 0 bridgehead atoms. The summed E-state index contributed by atoms with van der Waals surface area (Å²) in [4.78, 5) is 0. The van der Waals surface area contributed by atoms with Gasteiger partial charge in [0, 0.05) is 0 Å². The van der Waals surface area contributed by atoms with E-state index in [0.717, 1.165) is 24.2 Å². The number of fused-ring (bicyclic) bond motifs is 5. The van der Waals surface area contributed by atoms with Crippen LogP contribution in [0.3, 0.4) is 0 Å². The minimum Gasteiger partial charge on any atom is -0.393 e. The average molecular weight is 319 g/mol. The highest BCUT2D eigenvalue weighted by molar-refractivity contribution is 5.25. The van der Waals surface area contributed by atoms with Crippen LogP contribution in [0.15, 0.2) is 11.6 Å². The molecule has 0 aromatic carbocycles. The van der Waals surface area contributed by atoms with Gasteiger partial charge in [-0.1, -0.05) is 25.5 Å². The second-order valence-electron chi connectivity index (χ2n) is 9.60. The van der Waals surface area contributed by atoms with Gasteiger partial charge in [-0.2, -0.15) is 0 Å². The second-order valence-corrected chi connectivity index (χ2v) is 9.60. The molecule has 4 aliphatic carbocycles. The predicted octanol–water partition coefficient (Wildman–Crippen LogP) is 4.31. The van der Waals surface area contributed by atoms with Crippen LogP contribution in [-0.2, 0) is 0 Å². The summed E-state index contributed by atoms with van der Waals surface area (Å²) in [7, 11) is 0. The van der Waals surface area contributed by atoms with Gasteiger partial charge in [-0.25, -0.2) is 0 Å². The van der Waals surface area contributed by atoms with E-state index in [1.54, 1.807) is 5.57 Å². The molecule has 0 spiro atoms. The first-order chi connectivity index (χ1) is 10.9. The van der Waals surface area contributed by atoms with E-state index in [9.17, 15) is 10.2 Å². The Kier molecular flexibility index (Phi) is 3.74. The first-order valence-electron chi connectivity index (χ1n) is 9.93. The van der Waals surface area contributed by atoms with Crippen LogP contribution in [0, 0.1) is 34.5 Å². The van der Waals surface area contributed by atoms with Crippen molar-refractivity contribution in [2.75, 3.05) is 0 Å². The number of allylic oxidation sites excluding steroid dienone is 1. The standard InChI is InChI=1S/C21H34O2/c1-13(22)17-6-7-18-16-5-4-14-12-15(23)8-10-20(14,2)19(16)9-11-21(17,18)3/h12-13,15-19,22-23H,4-11H2,1-3H3/t13?,15?,16?,17-,18?,19?,20+,21-/m1/s1. The topological polar surface area (TPSA) is 40.5 Å². The molecule has 0 aromatic rings. The van der Waals surface area contributed by atoms with E-state index >= 15 is 0 Å². The molecule has 2 heteroatoms. The van der Waals surface area contributed by atoms with Crippen molar-refractivity contribution in [3.05, 3.63) is 11.6 Å². The van der Waals surface area contributed by atoms with Crippen molar-refractivity contribution in [3.63, 3.8) is 0 Å². The molecule has 2 N–H and O–H groups in total. The Morgan fingerprint density at radius 2 is 1.83 bits per heavy atom. The number of rotatable bonds is 1. The minimum absolute atomic E-state index is 0.152. The summed E-state index contributed by atoms with van der Waals surface area (Å²) < 4.78 is 0. The number of aliphatic hydroxyl groups is 2. The summed E-state index contributed by atoms with van der Waals surface area (Å²) in [5, 5.41) is 20.3. The van der Waals surface area contributed by atoms with E-state index in [0.29, 0.717) is 16.7 Å². The van der Waals surface area contributed by atoms with Crippen LogP contribution in [0.4, 0.5) is 0 Å². The number of hydrogen-bond donors (Lipinski definition) is 2. The third-order valence-electron chi connectivity index (χ3n) is 8.74. The van der Waals surface area contributed by atoms with Crippen LogP contribution >= 0.6 is 0 Å². The maximum atomic E-state index is 10.3. The Morgan fingerprint density at radius 1 is 1.04 bits per heavy atom. The highest BCUT2D eigenvalue weighted by atomic mass is 16.3. The van der Waals surface area contributed by atoms with Gasteiger partial charge in [0.05, 0.1) is 12.2 Å². The van der Waals surface area contributed by atoms with Gasteiger partial charge in [0.15, 0.2) is 0 Å². The molecule has 130 valence electrons. The molecule has 0 amide bonds. The van der Waals surface area contributed by atoms with Gasteiger partial charge in [0.2, 0.25) is 0 Å². The smallest absolute Gasteiger partial charge is 0.0724 e. The summed E-state index contributed by atoms with van der Waals surface area (Å²) in [6.45, 7) is 6.98. The van der Waals surface area contributed by atoms with E-state index in [-0.39, 0.29) is 12.2 Å². The molecule has 23 heavy (non-hydrogen) atoms. The molecular weight excluding hydrogens is 284 g/mol. The molecule has 8 atom stereocenters. The lowest BCUT2D eigenvalue weighted by Gasteiger charge is -2.58. The summed E-state index contributed by atoms with van der Waals surface area (Å²) >= 11 is 0. The van der Waals surface area contributed by atoms with Crippen molar-refractivity contribution in [3.8, 4) is 0 Å². The zero-order valence-electron chi connectivity index (χ0n) is 15.1. The van der Waals surface area contributed by atoms with Gasteiger partial charge < -0.3 is 10.2 Å². The van der Waals surface area contributed by atoms with Gasteiger partial charge in [-0.15, -0.1) is 0 Å². The van der Waals surface area contributed by atoms with Crippen molar-refractivity contribution >= 4 is 0 Å². The summed E-state index contributed by atoms with van der Waals surface area (Å²) in [6.07, 6.45) is 11.6. The first kappa shape index (κ1) is 16.1. The molecule has 4 rings (SSSR count). The Labute approximate surface area is 141 Å². The Morgan fingerprint density at radius 3 is 2.57 bits per heavy atom. The minimum atomic E-state index is -0.199. The predicted molar refractivity (Wildman–Crippen MR) is 92.9 cm³/mol. The fourth-order valence-electron chi connectivity index (χ4n) is 7.54. The van der Waals surface area contributed by atoms with Gasteiger partial charge >= 0.3 is 0 Å². The fourth-order valence-corrected chi connectivity index (χ4v) is 7.54. The molecule has 3 saturated carbocycles. The molecule has 0 aromatic heterocycles. The summed E-state index contributed by atoms with van der Waals surface area (Å²) in [5.41, 5.74) is 2.26. The van der Waals surface area contributed by atoms with E-state index in [1.807, 2.05) is 6.92 Å². The molecule has 0 aliphatic heterocycles. The highest BCUT2D eigenvalue weighted by Crippen LogP contribution is 2.67. The maximum absolute atomic E-state index is 10.3. The van der Waals surface area contributed by atoms with E-state index < -0.39 is 0 Å². The molecule has 0 heterocycles. The molecule has 4 aliphatic rings. The van der Waals surface area contributed by atoms with Crippen molar-refractivity contribution in [1.29, 1.82) is 0 Å². The average Bonchev–Trinajstić information content (AvgIpc) is 2.85. The zero-order valence-corrected chi connectivity index (χ0v) is 15.1. The van der Waals surface area contributed by atoms with Crippen LogP contribution in [0.25, 0.3) is 0 Å². The Balaban J connectivity index is 1.64. The van der Waals surface area contributed by atoms with Crippen LogP contribution in [0.1, 0.15) is 72.1 Å². The van der Waals surface area contributed by atoms with Crippen LogP contribution in [0.2, 0.25) is 0 Å². The van der Waals surface area contributed by atoms with Crippen molar-refractivity contribution < 1.29 is 10.2 Å². The number of aliphatic hydroxyl groups excluding tert-OH is 2. The first-order valence-corrected chi connectivity index (χ1v) is 9.93. The molecule has 5 unspecified atom stereocenters. The third-order valence-corrected chi connectivity index (χ3v) is 8.74. The third kappa shape index (κ3) is 2.20.